The molecule has 1 aromatic carbocycles. The van der Waals surface area contributed by atoms with Gasteiger partial charge in [0.2, 0.25) is 5.95 Å². The number of nitrogens with zero attached hydrogens (tertiary/aromatic N) is 5. The molecule has 1 fully saturated rings. The number of imidazole rings is 1. The number of anilines is 2. The van der Waals surface area contributed by atoms with Gasteiger partial charge in [-0.15, -0.1) is 0 Å². The summed E-state index contributed by atoms with van der Waals surface area (Å²) in [5, 5.41) is 3.47. The second-order valence-corrected chi connectivity index (χ2v) is 6.82. The highest BCUT2D eigenvalue weighted by molar-refractivity contribution is 5.84. The van der Waals surface area contributed by atoms with E-state index < -0.39 is 0 Å². The van der Waals surface area contributed by atoms with Gasteiger partial charge in [0.05, 0.1) is 6.33 Å². The molecule has 3 heterocycles. The highest BCUT2D eigenvalue weighted by Gasteiger charge is 2.20. The topological polar surface area (TPSA) is 58.9 Å². The first-order valence-corrected chi connectivity index (χ1v) is 8.99. The van der Waals surface area contributed by atoms with Gasteiger partial charge in [0.1, 0.15) is 0 Å². The summed E-state index contributed by atoms with van der Waals surface area (Å²) in [6, 6.07) is 10.7. The minimum Gasteiger partial charge on any atom is -0.364 e. The maximum Gasteiger partial charge on any atom is 0.229 e. The van der Waals surface area contributed by atoms with Crippen LogP contribution in [-0.2, 0) is 6.54 Å². The van der Waals surface area contributed by atoms with Crippen molar-refractivity contribution in [2.75, 3.05) is 23.3 Å². The van der Waals surface area contributed by atoms with Crippen LogP contribution in [0.15, 0.2) is 36.7 Å². The molecule has 6 heteroatoms. The van der Waals surface area contributed by atoms with E-state index in [1.165, 1.54) is 18.4 Å². The molecule has 0 aliphatic carbocycles. The number of rotatable bonds is 5. The summed E-state index contributed by atoms with van der Waals surface area (Å²) in [6.45, 7) is 7.07. The van der Waals surface area contributed by atoms with Crippen molar-refractivity contribution >= 4 is 22.9 Å². The van der Waals surface area contributed by atoms with E-state index in [0.717, 1.165) is 42.6 Å². The Labute approximate surface area is 147 Å². The SMILES string of the molecule is CC(C)n1cnc2c(NCc3ccccc3)nc(N3CCCC3)nc21. The van der Waals surface area contributed by atoms with Crippen LogP contribution in [0.1, 0.15) is 38.3 Å². The van der Waals surface area contributed by atoms with Crippen molar-refractivity contribution in [2.45, 2.75) is 39.3 Å². The quantitative estimate of drug-likeness (QED) is 0.771. The van der Waals surface area contributed by atoms with E-state index >= 15 is 0 Å². The molecule has 1 aliphatic rings. The van der Waals surface area contributed by atoms with E-state index in [2.05, 4.69) is 57.9 Å². The molecule has 0 radical (unpaired) electrons. The van der Waals surface area contributed by atoms with Crippen molar-refractivity contribution in [2.24, 2.45) is 0 Å². The summed E-state index contributed by atoms with van der Waals surface area (Å²) in [5.41, 5.74) is 2.97. The number of benzene rings is 1. The number of hydrogen-bond acceptors (Lipinski definition) is 5. The second-order valence-electron chi connectivity index (χ2n) is 6.82. The van der Waals surface area contributed by atoms with E-state index in [9.17, 15) is 0 Å². The monoisotopic (exact) mass is 336 g/mol. The Morgan fingerprint density at radius 2 is 1.84 bits per heavy atom. The fourth-order valence-corrected chi connectivity index (χ4v) is 3.25. The summed E-state index contributed by atoms with van der Waals surface area (Å²) < 4.78 is 2.12. The molecule has 0 spiro atoms. The van der Waals surface area contributed by atoms with Crippen molar-refractivity contribution in [1.29, 1.82) is 0 Å². The molecular formula is C19H24N6. The Kier molecular flexibility index (Phi) is 4.26. The number of aromatic nitrogens is 4. The van der Waals surface area contributed by atoms with Crippen molar-refractivity contribution in [3.05, 3.63) is 42.2 Å². The molecule has 0 bridgehead atoms. The predicted octanol–water partition coefficient (Wildman–Crippen LogP) is 3.62. The van der Waals surface area contributed by atoms with Crippen LogP contribution < -0.4 is 10.2 Å². The average molecular weight is 336 g/mol. The third-order valence-electron chi connectivity index (χ3n) is 4.66. The summed E-state index contributed by atoms with van der Waals surface area (Å²) in [6.07, 6.45) is 4.28. The van der Waals surface area contributed by atoms with Crippen LogP contribution in [0.25, 0.3) is 11.2 Å². The summed E-state index contributed by atoms with van der Waals surface area (Å²) in [4.78, 5) is 16.5. The van der Waals surface area contributed by atoms with Crippen LogP contribution in [0, 0.1) is 0 Å². The zero-order valence-electron chi connectivity index (χ0n) is 14.8. The molecule has 0 saturated carbocycles. The number of nitrogens with one attached hydrogen (secondary N) is 1. The van der Waals surface area contributed by atoms with Crippen molar-refractivity contribution in [3.8, 4) is 0 Å². The molecular weight excluding hydrogens is 312 g/mol. The molecule has 0 atom stereocenters. The van der Waals surface area contributed by atoms with E-state index in [1.54, 1.807) is 0 Å². The van der Waals surface area contributed by atoms with Gasteiger partial charge in [-0.05, 0) is 32.3 Å². The third-order valence-corrected chi connectivity index (χ3v) is 4.66. The van der Waals surface area contributed by atoms with Gasteiger partial charge < -0.3 is 14.8 Å². The Morgan fingerprint density at radius 3 is 2.56 bits per heavy atom. The van der Waals surface area contributed by atoms with E-state index in [0.29, 0.717) is 6.04 Å². The highest BCUT2D eigenvalue weighted by atomic mass is 15.3. The van der Waals surface area contributed by atoms with Crippen LogP contribution in [0.5, 0.6) is 0 Å². The second kappa shape index (κ2) is 6.70. The van der Waals surface area contributed by atoms with Gasteiger partial charge in [0.25, 0.3) is 0 Å². The predicted molar refractivity (Wildman–Crippen MR) is 101 cm³/mol. The molecule has 1 aliphatic heterocycles. The molecule has 1 N–H and O–H groups in total. The van der Waals surface area contributed by atoms with Crippen molar-refractivity contribution < 1.29 is 0 Å². The van der Waals surface area contributed by atoms with Crippen LogP contribution >= 0.6 is 0 Å². The van der Waals surface area contributed by atoms with Crippen LogP contribution in [0.3, 0.4) is 0 Å². The van der Waals surface area contributed by atoms with E-state index in [1.807, 2.05) is 12.4 Å². The molecule has 0 amide bonds. The lowest BCUT2D eigenvalue weighted by atomic mass is 10.2. The van der Waals surface area contributed by atoms with Crippen molar-refractivity contribution in [3.63, 3.8) is 0 Å². The molecule has 4 rings (SSSR count). The zero-order valence-corrected chi connectivity index (χ0v) is 14.8. The largest absolute Gasteiger partial charge is 0.364 e. The lowest BCUT2D eigenvalue weighted by Gasteiger charge is -2.17. The van der Waals surface area contributed by atoms with E-state index in [-0.39, 0.29) is 0 Å². The maximum absolute atomic E-state index is 4.83. The molecule has 130 valence electrons. The standard InChI is InChI=1S/C19H24N6/c1-14(2)25-13-21-16-17(20-12-15-8-4-3-5-9-15)22-19(23-18(16)25)24-10-6-7-11-24/h3-5,8-9,13-14H,6-7,10-12H2,1-2H3,(H,20,22,23). The third kappa shape index (κ3) is 3.16. The minimum absolute atomic E-state index is 0.313. The van der Waals surface area contributed by atoms with Crippen LogP contribution in [0.2, 0.25) is 0 Å². The van der Waals surface area contributed by atoms with Gasteiger partial charge in [0.15, 0.2) is 17.0 Å². The summed E-state index contributed by atoms with van der Waals surface area (Å²) in [5.74, 6) is 1.62. The van der Waals surface area contributed by atoms with Gasteiger partial charge in [-0.25, -0.2) is 4.98 Å². The zero-order chi connectivity index (χ0) is 17.2. The first kappa shape index (κ1) is 15.9. The smallest absolute Gasteiger partial charge is 0.229 e. The first-order chi connectivity index (χ1) is 12.2. The fraction of sp³-hybridized carbons (Fsp3) is 0.421. The molecule has 3 aromatic rings. The van der Waals surface area contributed by atoms with Gasteiger partial charge in [-0.2, -0.15) is 9.97 Å². The molecule has 0 unspecified atom stereocenters. The Hall–Kier alpha value is -2.63. The lowest BCUT2D eigenvalue weighted by Crippen LogP contribution is -2.21. The van der Waals surface area contributed by atoms with Crippen LogP contribution in [-0.4, -0.2) is 32.6 Å². The Bertz CT molecular complexity index is 849. The molecule has 6 nitrogen and oxygen atoms in total. The summed E-state index contributed by atoms with van der Waals surface area (Å²) in [7, 11) is 0. The Morgan fingerprint density at radius 1 is 1.08 bits per heavy atom. The average Bonchev–Trinajstić information content (AvgIpc) is 3.30. The van der Waals surface area contributed by atoms with Gasteiger partial charge in [0, 0.05) is 25.7 Å². The summed E-state index contributed by atoms with van der Waals surface area (Å²) >= 11 is 0. The number of hydrogen-bond donors (Lipinski definition) is 1. The highest BCUT2D eigenvalue weighted by Crippen LogP contribution is 2.26. The molecule has 1 saturated heterocycles. The molecule has 25 heavy (non-hydrogen) atoms. The number of fused-ring (bicyclic) bond motifs is 1. The first-order valence-electron chi connectivity index (χ1n) is 8.99. The fourth-order valence-electron chi connectivity index (χ4n) is 3.25. The van der Waals surface area contributed by atoms with Crippen molar-refractivity contribution in [1.82, 2.24) is 19.5 Å². The minimum atomic E-state index is 0.313. The molecule has 2 aromatic heterocycles. The van der Waals surface area contributed by atoms with Gasteiger partial charge >= 0.3 is 0 Å². The lowest BCUT2D eigenvalue weighted by molar-refractivity contribution is 0.612. The normalized spacial score (nSPS) is 14.6. The Balaban J connectivity index is 1.72. The van der Waals surface area contributed by atoms with Gasteiger partial charge in [-0.1, -0.05) is 30.3 Å². The maximum atomic E-state index is 4.83. The van der Waals surface area contributed by atoms with Crippen LogP contribution in [0.4, 0.5) is 11.8 Å². The van der Waals surface area contributed by atoms with Gasteiger partial charge in [-0.3, -0.25) is 0 Å². The van der Waals surface area contributed by atoms with E-state index in [4.69, 9.17) is 9.97 Å².